The molecule has 0 unspecified atom stereocenters. The maximum Gasteiger partial charge on any atom is 0.223 e. The van der Waals surface area contributed by atoms with Crippen molar-refractivity contribution in [2.45, 2.75) is 44.6 Å². The van der Waals surface area contributed by atoms with Crippen LogP contribution in [0.15, 0.2) is 30.3 Å². The predicted octanol–water partition coefficient (Wildman–Crippen LogP) is 3.05. The molecule has 1 heterocycles. The molecule has 3 heteroatoms. The van der Waals surface area contributed by atoms with E-state index < -0.39 is 0 Å². The molecule has 3 rings (SSSR count). The Morgan fingerprint density at radius 3 is 2.45 bits per heavy atom. The molecule has 0 aromatic heterocycles. The molecule has 0 bridgehead atoms. The van der Waals surface area contributed by atoms with Crippen molar-refractivity contribution in [1.29, 1.82) is 0 Å². The van der Waals surface area contributed by atoms with E-state index in [0.717, 1.165) is 18.4 Å². The molecule has 2 aliphatic rings. The first kappa shape index (κ1) is 13.3. The van der Waals surface area contributed by atoms with Crippen LogP contribution in [0, 0.1) is 5.92 Å². The summed E-state index contributed by atoms with van der Waals surface area (Å²) in [7, 11) is 0. The lowest BCUT2D eigenvalue weighted by atomic mass is 9.94. The molecule has 0 spiro atoms. The topological polar surface area (TPSA) is 37.4 Å². The fraction of sp³-hybridized carbons (Fsp3) is 0.529. The largest absolute Gasteiger partial charge is 0.339 e. The average Bonchev–Trinajstić information content (AvgIpc) is 2.90. The number of carbonyl (C=O) groups is 2. The van der Waals surface area contributed by atoms with Crippen LogP contribution >= 0.6 is 0 Å². The number of ketones is 1. The van der Waals surface area contributed by atoms with E-state index in [2.05, 4.69) is 0 Å². The van der Waals surface area contributed by atoms with Crippen LogP contribution < -0.4 is 0 Å². The van der Waals surface area contributed by atoms with Crippen LogP contribution in [-0.2, 0) is 4.79 Å². The Bertz CT molecular complexity index is 491. The summed E-state index contributed by atoms with van der Waals surface area (Å²) in [5.74, 6) is 0.148. The molecule has 0 N–H and O–H groups in total. The summed E-state index contributed by atoms with van der Waals surface area (Å²) < 4.78 is 0. The number of nitrogens with zero attached hydrogens (tertiary/aromatic N) is 1. The van der Waals surface area contributed by atoms with E-state index in [0.29, 0.717) is 19.0 Å². The molecule has 1 atom stereocenters. The predicted molar refractivity (Wildman–Crippen MR) is 77.5 cm³/mol. The minimum Gasteiger partial charge on any atom is -0.339 e. The van der Waals surface area contributed by atoms with E-state index in [1.807, 2.05) is 35.2 Å². The van der Waals surface area contributed by atoms with E-state index in [9.17, 15) is 9.59 Å². The van der Waals surface area contributed by atoms with Gasteiger partial charge in [-0.05, 0) is 12.8 Å². The second-order valence-electron chi connectivity index (χ2n) is 5.97. The van der Waals surface area contributed by atoms with Gasteiger partial charge >= 0.3 is 0 Å². The summed E-state index contributed by atoms with van der Waals surface area (Å²) in [5.41, 5.74) is 0.732. The molecule has 0 radical (unpaired) electrons. The van der Waals surface area contributed by atoms with Gasteiger partial charge in [0.05, 0.1) is 0 Å². The normalized spacial score (nSPS) is 24.1. The van der Waals surface area contributed by atoms with Crippen molar-refractivity contribution in [2.75, 3.05) is 6.54 Å². The Hall–Kier alpha value is -1.64. The van der Waals surface area contributed by atoms with Crippen molar-refractivity contribution in [3.8, 4) is 0 Å². The number of carbonyl (C=O) groups excluding carboxylic acids is 2. The average molecular weight is 271 g/mol. The molecule has 3 nitrogen and oxygen atoms in total. The van der Waals surface area contributed by atoms with Crippen molar-refractivity contribution in [2.24, 2.45) is 5.92 Å². The SMILES string of the molecule is O=C(c1ccccc1)[C@H]1CC(=O)N(C2CCCCC2)C1. The summed E-state index contributed by atoms with van der Waals surface area (Å²) in [6, 6.07) is 9.73. The summed E-state index contributed by atoms with van der Waals surface area (Å²) in [4.78, 5) is 26.6. The fourth-order valence-electron chi connectivity index (χ4n) is 3.49. The lowest BCUT2D eigenvalue weighted by molar-refractivity contribution is -0.130. The molecule has 1 amide bonds. The quantitative estimate of drug-likeness (QED) is 0.792. The van der Waals surface area contributed by atoms with Crippen molar-refractivity contribution in [3.63, 3.8) is 0 Å². The molecule has 1 aromatic carbocycles. The van der Waals surface area contributed by atoms with Gasteiger partial charge in [0, 0.05) is 30.5 Å². The highest BCUT2D eigenvalue weighted by Gasteiger charge is 2.38. The van der Waals surface area contributed by atoms with Crippen molar-refractivity contribution >= 4 is 11.7 Å². The molecular formula is C17H21NO2. The van der Waals surface area contributed by atoms with Crippen molar-refractivity contribution in [3.05, 3.63) is 35.9 Å². The van der Waals surface area contributed by atoms with Crippen molar-refractivity contribution in [1.82, 2.24) is 4.90 Å². The van der Waals surface area contributed by atoms with Gasteiger partial charge in [0.2, 0.25) is 5.91 Å². The Morgan fingerprint density at radius 1 is 1.05 bits per heavy atom. The zero-order valence-corrected chi connectivity index (χ0v) is 11.8. The Balaban J connectivity index is 1.68. The number of hydrogen-bond donors (Lipinski definition) is 0. The maximum absolute atomic E-state index is 12.4. The second-order valence-corrected chi connectivity index (χ2v) is 5.97. The fourth-order valence-corrected chi connectivity index (χ4v) is 3.49. The van der Waals surface area contributed by atoms with E-state index in [1.54, 1.807) is 0 Å². The third kappa shape index (κ3) is 2.62. The number of benzene rings is 1. The van der Waals surface area contributed by atoms with Gasteiger partial charge in [0.15, 0.2) is 5.78 Å². The third-order valence-electron chi connectivity index (χ3n) is 4.60. The summed E-state index contributed by atoms with van der Waals surface area (Å²) in [6.45, 7) is 0.622. The minimum atomic E-state index is -0.146. The molecule has 1 aliphatic carbocycles. The number of likely N-dealkylation sites (tertiary alicyclic amines) is 1. The molecule has 106 valence electrons. The first-order valence-electron chi connectivity index (χ1n) is 7.64. The van der Waals surface area contributed by atoms with Gasteiger partial charge in [-0.3, -0.25) is 9.59 Å². The van der Waals surface area contributed by atoms with Gasteiger partial charge in [-0.25, -0.2) is 0 Å². The smallest absolute Gasteiger partial charge is 0.223 e. The van der Waals surface area contributed by atoms with E-state index in [1.165, 1.54) is 19.3 Å². The first-order chi connectivity index (χ1) is 9.75. The van der Waals surface area contributed by atoms with Crippen LogP contribution in [0.1, 0.15) is 48.9 Å². The summed E-state index contributed by atoms with van der Waals surface area (Å²) in [5, 5.41) is 0. The van der Waals surface area contributed by atoms with E-state index in [4.69, 9.17) is 0 Å². The van der Waals surface area contributed by atoms with Gasteiger partial charge in [-0.2, -0.15) is 0 Å². The van der Waals surface area contributed by atoms with E-state index >= 15 is 0 Å². The first-order valence-corrected chi connectivity index (χ1v) is 7.64. The van der Waals surface area contributed by atoms with Crippen LogP contribution in [0.3, 0.4) is 0 Å². The maximum atomic E-state index is 12.4. The van der Waals surface area contributed by atoms with Gasteiger partial charge in [-0.15, -0.1) is 0 Å². The van der Waals surface area contributed by atoms with Gasteiger partial charge in [0.25, 0.3) is 0 Å². The molecule has 20 heavy (non-hydrogen) atoms. The molecule has 1 aromatic rings. The number of hydrogen-bond acceptors (Lipinski definition) is 2. The standard InChI is InChI=1S/C17H21NO2/c19-16-11-14(17(20)13-7-3-1-4-8-13)12-18(16)15-9-5-2-6-10-15/h1,3-4,7-8,14-15H,2,5-6,9-12H2/t14-/m0/s1. The van der Waals surface area contributed by atoms with E-state index in [-0.39, 0.29) is 17.6 Å². The Kier molecular flexibility index (Phi) is 3.86. The van der Waals surface area contributed by atoms with Gasteiger partial charge in [0.1, 0.15) is 0 Å². The molecule has 1 aliphatic heterocycles. The molecular weight excluding hydrogens is 250 g/mol. The zero-order chi connectivity index (χ0) is 13.9. The van der Waals surface area contributed by atoms with Gasteiger partial charge < -0.3 is 4.90 Å². The van der Waals surface area contributed by atoms with Crippen LogP contribution in [-0.4, -0.2) is 29.2 Å². The highest BCUT2D eigenvalue weighted by molar-refractivity contribution is 6.01. The number of Topliss-reactive ketones (excluding diaryl/α,β-unsaturated/α-hetero) is 1. The number of rotatable bonds is 3. The van der Waals surface area contributed by atoms with Crippen molar-refractivity contribution < 1.29 is 9.59 Å². The van der Waals surface area contributed by atoms with Gasteiger partial charge in [-0.1, -0.05) is 49.6 Å². The molecule has 1 saturated carbocycles. The highest BCUT2D eigenvalue weighted by atomic mass is 16.2. The Morgan fingerprint density at radius 2 is 1.75 bits per heavy atom. The van der Waals surface area contributed by atoms with Crippen LogP contribution in [0.25, 0.3) is 0 Å². The minimum absolute atomic E-state index is 0.122. The monoisotopic (exact) mass is 271 g/mol. The Labute approximate surface area is 120 Å². The zero-order valence-electron chi connectivity index (χ0n) is 11.8. The lowest BCUT2D eigenvalue weighted by Gasteiger charge is -2.31. The van der Waals surface area contributed by atoms with Crippen LogP contribution in [0.4, 0.5) is 0 Å². The molecule has 2 fully saturated rings. The lowest BCUT2D eigenvalue weighted by Crippen LogP contribution is -2.38. The third-order valence-corrected chi connectivity index (χ3v) is 4.60. The van der Waals surface area contributed by atoms with Crippen LogP contribution in [0.2, 0.25) is 0 Å². The summed E-state index contributed by atoms with van der Waals surface area (Å²) >= 11 is 0. The highest BCUT2D eigenvalue weighted by Crippen LogP contribution is 2.30. The number of amides is 1. The van der Waals surface area contributed by atoms with Crippen LogP contribution in [0.5, 0.6) is 0 Å². The summed E-state index contributed by atoms with van der Waals surface area (Å²) in [6.07, 6.45) is 6.32. The molecule has 1 saturated heterocycles. The second kappa shape index (κ2) is 5.78.